The van der Waals surface area contributed by atoms with Crippen LogP contribution in [0.2, 0.25) is 0 Å². The molecule has 0 radical (unpaired) electrons. The quantitative estimate of drug-likeness (QED) is 0.627. The minimum Gasteiger partial charge on any atom is -0.383 e. The first-order valence-electron chi connectivity index (χ1n) is 5.59. The Morgan fingerprint density at radius 2 is 2.28 bits per heavy atom. The summed E-state index contributed by atoms with van der Waals surface area (Å²) in [5.41, 5.74) is 6.86. The van der Waals surface area contributed by atoms with Crippen LogP contribution in [0.1, 0.15) is 5.56 Å². The van der Waals surface area contributed by atoms with E-state index in [0.717, 1.165) is 24.5 Å². The van der Waals surface area contributed by atoms with Crippen LogP contribution in [0.25, 0.3) is 0 Å². The summed E-state index contributed by atoms with van der Waals surface area (Å²) in [5, 5.41) is 8.10. The van der Waals surface area contributed by atoms with Crippen LogP contribution in [0, 0.1) is 6.92 Å². The van der Waals surface area contributed by atoms with E-state index in [1.807, 2.05) is 30.3 Å². The summed E-state index contributed by atoms with van der Waals surface area (Å²) in [6, 6.07) is 1.73. The molecule has 0 saturated carbocycles. The Hall–Kier alpha value is -1.76. The Kier molecular flexibility index (Phi) is 4.03. The highest BCUT2D eigenvalue weighted by Crippen LogP contribution is 2.14. The zero-order valence-electron chi connectivity index (χ0n) is 10.4. The fourth-order valence-electron chi connectivity index (χ4n) is 1.51. The molecular weight excluding hydrogens is 248 g/mol. The second-order valence-corrected chi connectivity index (χ2v) is 4.65. The third kappa shape index (κ3) is 3.36. The van der Waals surface area contributed by atoms with Crippen LogP contribution in [-0.4, -0.2) is 32.5 Å². The normalized spacial score (nSPS) is 10.6. The molecule has 0 amide bonds. The zero-order valence-corrected chi connectivity index (χ0v) is 11.2. The molecule has 2 aromatic rings. The first kappa shape index (κ1) is 12.7. The average molecular weight is 264 g/mol. The number of thioether (sulfide) groups is 1. The maximum Gasteiger partial charge on any atom is 0.191 e. The molecule has 2 rings (SSSR count). The molecule has 0 fully saturated rings. The summed E-state index contributed by atoms with van der Waals surface area (Å²) in [4.78, 5) is 8.41. The van der Waals surface area contributed by atoms with Gasteiger partial charge in [0, 0.05) is 18.8 Å². The maximum absolute atomic E-state index is 5.70. The minimum absolute atomic E-state index is 0.479. The number of nitrogens with one attached hydrogen (secondary N) is 1. The highest BCUT2D eigenvalue weighted by atomic mass is 32.2. The molecule has 0 aliphatic heterocycles. The van der Waals surface area contributed by atoms with Crippen molar-refractivity contribution in [1.29, 1.82) is 0 Å². The number of rotatable bonds is 5. The van der Waals surface area contributed by atoms with Crippen molar-refractivity contribution < 1.29 is 0 Å². The van der Waals surface area contributed by atoms with Gasteiger partial charge in [0.15, 0.2) is 5.16 Å². The second-order valence-electron chi connectivity index (χ2n) is 3.87. The first-order valence-corrected chi connectivity index (χ1v) is 6.81. The van der Waals surface area contributed by atoms with Gasteiger partial charge in [0.25, 0.3) is 0 Å². The average Bonchev–Trinajstić information content (AvgIpc) is 2.74. The Morgan fingerprint density at radius 1 is 1.44 bits per heavy atom. The number of hydrogen-bond donors (Lipinski definition) is 2. The van der Waals surface area contributed by atoms with Crippen LogP contribution in [0.5, 0.6) is 0 Å². The Morgan fingerprint density at radius 3 is 2.94 bits per heavy atom. The summed E-state index contributed by atoms with van der Waals surface area (Å²) in [6.45, 7) is 3.55. The third-order valence-electron chi connectivity index (χ3n) is 2.32. The molecule has 96 valence electrons. The highest BCUT2D eigenvalue weighted by Gasteiger charge is 2.01. The Balaban J connectivity index is 1.91. The number of nitrogens with two attached hydrogens (primary N) is 1. The lowest BCUT2D eigenvalue weighted by molar-refractivity contribution is 0.636. The topological polar surface area (TPSA) is 81.6 Å². The lowest BCUT2D eigenvalue weighted by atomic mass is 10.4. The van der Waals surface area contributed by atoms with E-state index in [2.05, 4.69) is 20.4 Å². The van der Waals surface area contributed by atoms with Crippen LogP contribution in [0.3, 0.4) is 0 Å². The van der Waals surface area contributed by atoms with Crippen molar-refractivity contribution in [3.05, 3.63) is 24.0 Å². The number of nitrogens with zero attached hydrogens (tertiary/aromatic N) is 4. The Bertz CT molecular complexity index is 524. The molecule has 0 aliphatic rings. The number of aromatic nitrogens is 4. The molecule has 2 heterocycles. The van der Waals surface area contributed by atoms with Gasteiger partial charge in [-0.2, -0.15) is 5.10 Å². The molecule has 0 aliphatic carbocycles. The van der Waals surface area contributed by atoms with Gasteiger partial charge in [0.05, 0.1) is 12.7 Å². The van der Waals surface area contributed by atoms with Gasteiger partial charge in [-0.1, -0.05) is 11.8 Å². The van der Waals surface area contributed by atoms with E-state index in [-0.39, 0.29) is 0 Å². The predicted molar refractivity (Wildman–Crippen MR) is 73.7 cm³/mol. The Labute approximate surface area is 110 Å². The van der Waals surface area contributed by atoms with E-state index in [4.69, 9.17) is 5.73 Å². The van der Waals surface area contributed by atoms with E-state index in [0.29, 0.717) is 11.0 Å². The lowest BCUT2D eigenvalue weighted by Gasteiger charge is -2.07. The van der Waals surface area contributed by atoms with Crippen molar-refractivity contribution in [1.82, 2.24) is 19.7 Å². The molecular formula is C11H16N6S. The maximum atomic E-state index is 5.70. The van der Waals surface area contributed by atoms with E-state index in [1.54, 1.807) is 6.07 Å². The van der Waals surface area contributed by atoms with Crippen molar-refractivity contribution in [2.75, 3.05) is 23.9 Å². The third-order valence-corrected chi connectivity index (χ3v) is 2.87. The number of anilines is 2. The van der Waals surface area contributed by atoms with Gasteiger partial charge in [-0.05, 0) is 18.7 Å². The van der Waals surface area contributed by atoms with E-state index in [1.165, 1.54) is 11.8 Å². The fourth-order valence-corrected chi connectivity index (χ4v) is 1.90. The predicted octanol–water partition coefficient (Wildman–Crippen LogP) is 1.40. The van der Waals surface area contributed by atoms with Gasteiger partial charge in [-0.25, -0.2) is 9.97 Å². The molecule has 6 nitrogen and oxygen atoms in total. The lowest BCUT2D eigenvalue weighted by Crippen LogP contribution is -2.12. The van der Waals surface area contributed by atoms with Crippen LogP contribution in [0.15, 0.2) is 23.6 Å². The highest BCUT2D eigenvalue weighted by molar-refractivity contribution is 7.98. The van der Waals surface area contributed by atoms with Crippen molar-refractivity contribution in [3.8, 4) is 0 Å². The zero-order chi connectivity index (χ0) is 13.0. The van der Waals surface area contributed by atoms with Gasteiger partial charge in [-0.15, -0.1) is 0 Å². The van der Waals surface area contributed by atoms with Crippen LogP contribution >= 0.6 is 11.8 Å². The standard InChI is InChI=1S/C11H16N6S/c1-8-6-14-17(7-8)4-3-13-10-5-9(12)15-11(16-10)18-2/h5-7H,3-4H2,1-2H3,(H3,12,13,15,16). The summed E-state index contributed by atoms with van der Waals surface area (Å²) < 4.78 is 1.89. The number of nitrogen functional groups attached to an aromatic ring is 1. The molecule has 0 spiro atoms. The van der Waals surface area contributed by atoms with Crippen LogP contribution in [0.4, 0.5) is 11.6 Å². The van der Waals surface area contributed by atoms with Gasteiger partial charge >= 0.3 is 0 Å². The largest absolute Gasteiger partial charge is 0.383 e. The van der Waals surface area contributed by atoms with E-state index >= 15 is 0 Å². The smallest absolute Gasteiger partial charge is 0.191 e. The van der Waals surface area contributed by atoms with Crippen molar-refractivity contribution in [2.24, 2.45) is 0 Å². The summed E-state index contributed by atoms with van der Waals surface area (Å²) in [7, 11) is 0. The molecule has 7 heteroatoms. The SMILES string of the molecule is CSc1nc(N)cc(NCCn2cc(C)cn2)n1. The summed E-state index contributed by atoms with van der Waals surface area (Å²) in [5.74, 6) is 1.22. The molecule has 0 bridgehead atoms. The molecule has 3 N–H and O–H groups in total. The van der Waals surface area contributed by atoms with Gasteiger partial charge in [0.2, 0.25) is 0 Å². The van der Waals surface area contributed by atoms with E-state index < -0.39 is 0 Å². The van der Waals surface area contributed by atoms with Gasteiger partial charge in [-0.3, -0.25) is 4.68 Å². The van der Waals surface area contributed by atoms with Crippen molar-refractivity contribution in [3.63, 3.8) is 0 Å². The van der Waals surface area contributed by atoms with Gasteiger partial charge < -0.3 is 11.1 Å². The van der Waals surface area contributed by atoms with E-state index in [9.17, 15) is 0 Å². The van der Waals surface area contributed by atoms with Gasteiger partial charge in [0.1, 0.15) is 11.6 Å². The monoisotopic (exact) mass is 264 g/mol. The molecule has 0 atom stereocenters. The summed E-state index contributed by atoms with van der Waals surface area (Å²) in [6.07, 6.45) is 5.77. The first-order chi connectivity index (χ1) is 8.67. The minimum atomic E-state index is 0.479. The molecule has 2 aromatic heterocycles. The van der Waals surface area contributed by atoms with Crippen molar-refractivity contribution >= 4 is 23.4 Å². The molecule has 0 unspecified atom stereocenters. The summed E-state index contributed by atoms with van der Waals surface area (Å²) >= 11 is 1.47. The molecule has 18 heavy (non-hydrogen) atoms. The van der Waals surface area contributed by atoms with Crippen LogP contribution < -0.4 is 11.1 Å². The fraction of sp³-hybridized carbons (Fsp3) is 0.364. The van der Waals surface area contributed by atoms with Crippen LogP contribution in [-0.2, 0) is 6.54 Å². The molecule has 0 saturated heterocycles. The molecule has 0 aromatic carbocycles. The van der Waals surface area contributed by atoms with Crippen molar-refractivity contribution in [2.45, 2.75) is 18.6 Å². The number of hydrogen-bond acceptors (Lipinski definition) is 6. The number of aryl methyl sites for hydroxylation is 1. The second kappa shape index (κ2) is 5.72.